The number of anilines is 1. The minimum absolute atomic E-state index is 0.329. The van der Waals surface area contributed by atoms with Gasteiger partial charge in [0.15, 0.2) is 0 Å². The van der Waals surface area contributed by atoms with Crippen molar-refractivity contribution in [3.05, 3.63) is 29.8 Å². The summed E-state index contributed by atoms with van der Waals surface area (Å²) in [4.78, 5) is 10.8. The monoisotopic (exact) mass is 303 g/mol. The fourth-order valence-corrected chi connectivity index (χ4v) is 3.47. The molecule has 4 heteroatoms. The number of hydrogen-bond acceptors (Lipinski definition) is 2. The van der Waals surface area contributed by atoms with Crippen LogP contribution >= 0.6 is 0 Å². The van der Waals surface area contributed by atoms with Crippen LogP contribution in [0, 0.1) is 5.92 Å². The van der Waals surface area contributed by atoms with Gasteiger partial charge in [-0.15, -0.1) is 0 Å². The number of benzene rings is 1. The molecule has 4 N–H and O–H groups in total. The second kappa shape index (κ2) is 8.18. The van der Waals surface area contributed by atoms with Crippen molar-refractivity contribution in [1.82, 2.24) is 5.32 Å². The number of amides is 2. The zero-order chi connectivity index (χ0) is 15.9. The number of rotatable bonds is 6. The van der Waals surface area contributed by atoms with Crippen molar-refractivity contribution in [2.75, 3.05) is 5.32 Å². The molecule has 1 unspecified atom stereocenters. The highest BCUT2D eigenvalue weighted by molar-refractivity contribution is 5.87. The topological polar surface area (TPSA) is 67.2 Å². The Morgan fingerprint density at radius 2 is 1.86 bits per heavy atom. The highest BCUT2D eigenvalue weighted by atomic mass is 16.2. The van der Waals surface area contributed by atoms with Gasteiger partial charge in [-0.05, 0) is 56.2 Å². The van der Waals surface area contributed by atoms with Gasteiger partial charge >= 0.3 is 6.03 Å². The first-order valence-electron chi connectivity index (χ1n) is 8.51. The summed E-state index contributed by atoms with van der Waals surface area (Å²) in [5.74, 6) is 0.942. The zero-order valence-electron chi connectivity index (χ0n) is 13.8. The third-order valence-electron chi connectivity index (χ3n) is 4.71. The second-order valence-electron chi connectivity index (χ2n) is 6.51. The van der Waals surface area contributed by atoms with E-state index < -0.39 is 6.03 Å². The first-order chi connectivity index (χ1) is 10.6. The van der Waals surface area contributed by atoms with Crippen LogP contribution in [0.2, 0.25) is 0 Å². The van der Waals surface area contributed by atoms with Crippen molar-refractivity contribution in [2.24, 2.45) is 11.7 Å². The van der Waals surface area contributed by atoms with E-state index in [0.29, 0.717) is 12.1 Å². The molecule has 0 aromatic heterocycles. The van der Waals surface area contributed by atoms with Gasteiger partial charge in [0.05, 0.1) is 0 Å². The molecule has 0 saturated heterocycles. The van der Waals surface area contributed by atoms with Crippen LogP contribution in [0.4, 0.5) is 10.5 Å². The molecule has 22 heavy (non-hydrogen) atoms. The Morgan fingerprint density at radius 1 is 1.23 bits per heavy atom. The van der Waals surface area contributed by atoms with Gasteiger partial charge in [-0.25, -0.2) is 4.79 Å². The molecule has 1 atom stereocenters. The molecule has 1 saturated carbocycles. The van der Waals surface area contributed by atoms with Gasteiger partial charge < -0.3 is 16.4 Å². The molecule has 2 amide bonds. The third kappa shape index (κ3) is 5.02. The summed E-state index contributed by atoms with van der Waals surface area (Å²) >= 11 is 0. The molecule has 1 aromatic rings. The first kappa shape index (κ1) is 16.8. The van der Waals surface area contributed by atoms with Crippen molar-refractivity contribution < 1.29 is 4.79 Å². The standard InChI is InChI=1S/C18H29N3O/c1-3-4-14-5-9-16(10-6-14)20-13(2)15-7-11-17(12-8-15)21-18(19)22/h7-8,11-14,16,20H,3-6,9-10H2,1-2H3,(H3,19,21,22). The van der Waals surface area contributed by atoms with Crippen LogP contribution in [0.5, 0.6) is 0 Å². The number of nitrogens with two attached hydrogens (primary N) is 1. The van der Waals surface area contributed by atoms with E-state index in [1.807, 2.05) is 24.3 Å². The summed E-state index contributed by atoms with van der Waals surface area (Å²) in [6.45, 7) is 4.48. The van der Waals surface area contributed by atoms with Crippen molar-refractivity contribution in [3.8, 4) is 0 Å². The first-order valence-corrected chi connectivity index (χ1v) is 8.51. The molecular formula is C18H29N3O. The lowest BCUT2D eigenvalue weighted by molar-refractivity contribution is 0.259. The predicted octanol–water partition coefficient (Wildman–Crippen LogP) is 4.19. The molecular weight excluding hydrogens is 274 g/mol. The van der Waals surface area contributed by atoms with Crippen molar-refractivity contribution >= 4 is 11.7 Å². The molecule has 0 aliphatic heterocycles. The number of carbonyl (C=O) groups is 1. The maximum absolute atomic E-state index is 10.8. The van der Waals surface area contributed by atoms with Gasteiger partial charge in [0, 0.05) is 17.8 Å². The second-order valence-corrected chi connectivity index (χ2v) is 6.51. The van der Waals surface area contributed by atoms with E-state index in [1.54, 1.807) is 0 Å². The summed E-state index contributed by atoms with van der Waals surface area (Å²) in [5.41, 5.74) is 7.10. The lowest BCUT2D eigenvalue weighted by Gasteiger charge is -2.31. The Morgan fingerprint density at radius 3 is 2.41 bits per heavy atom. The lowest BCUT2D eigenvalue weighted by Crippen LogP contribution is -2.35. The van der Waals surface area contributed by atoms with E-state index in [4.69, 9.17) is 5.73 Å². The number of primary amides is 1. The zero-order valence-corrected chi connectivity index (χ0v) is 13.8. The fraction of sp³-hybridized carbons (Fsp3) is 0.611. The smallest absolute Gasteiger partial charge is 0.316 e. The maximum atomic E-state index is 10.8. The normalized spacial score (nSPS) is 23.0. The number of nitrogens with one attached hydrogen (secondary N) is 2. The molecule has 122 valence electrons. The Bertz CT molecular complexity index is 464. The van der Waals surface area contributed by atoms with E-state index in [-0.39, 0.29) is 0 Å². The van der Waals surface area contributed by atoms with Crippen LogP contribution in [0.25, 0.3) is 0 Å². The van der Waals surface area contributed by atoms with Gasteiger partial charge in [-0.1, -0.05) is 31.9 Å². The van der Waals surface area contributed by atoms with Crippen LogP contribution in [0.15, 0.2) is 24.3 Å². The SMILES string of the molecule is CCCC1CCC(NC(C)c2ccc(NC(N)=O)cc2)CC1. The molecule has 0 heterocycles. The minimum Gasteiger partial charge on any atom is -0.351 e. The lowest BCUT2D eigenvalue weighted by atomic mass is 9.83. The minimum atomic E-state index is -0.525. The molecule has 1 fully saturated rings. The molecule has 1 aliphatic carbocycles. The number of carbonyl (C=O) groups excluding carboxylic acids is 1. The van der Waals surface area contributed by atoms with Gasteiger partial charge in [-0.2, -0.15) is 0 Å². The molecule has 2 rings (SSSR count). The van der Waals surface area contributed by atoms with Crippen LogP contribution in [-0.4, -0.2) is 12.1 Å². The van der Waals surface area contributed by atoms with Crippen LogP contribution in [0.1, 0.15) is 64.0 Å². The highest BCUT2D eigenvalue weighted by Gasteiger charge is 2.21. The quantitative estimate of drug-likeness (QED) is 0.737. The summed E-state index contributed by atoms with van der Waals surface area (Å²) in [6, 6.07) is 8.33. The van der Waals surface area contributed by atoms with Gasteiger partial charge in [0.1, 0.15) is 0 Å². The molecule has 1 aromatic carbocycles. The molecule has 4 nitrogen and oxygen atoms in total. The van der Waals surface area contributed by atoms with E-state index in [1.165, 1.54) is 44.1 Å². The summed E-state index contributed by atoms with van der Waals surface area (Å²) < 4.78 is 0. The van der Waals surface area contributed by atoms with Crippen LogP contribution < -0.4 is 16.4 Å². The number of hydrogen-bond donors (Lipinski definition) is 3. The number of urea groups is 1. The van der Waals surface area contributed by atoms with E-state index in [2.05, 4.69) is 24.5 Å². The van der Waals surface area contributed by atoms with Crippen molar-refractivity contribution in [1.29, 1.82) is 0 Å². The van der Waals surface area contributed by atoms with Crippen LogP contribution in [0.3, 0.4) is 0 Å². The largest absolute Gasteiger partial charge is 0.351 e. The Kier molecular flexibility index (Phi) is 6.25. The Labute approximate surface area is 133 Å². The summed E-state index contributed by atoms with van der Waals surface area (Å²) in [7, 11) is 0. The third-order valence-corrected chi connectivity index (χ3v) is 4.71. The van der Waals surface area contributed by atoms with Crippen molar-refractivity contribution in [3.63, 3.8) is 0 Å². The Balaban J connectivity index is 1.82. The van der Waals surface area contributed by atoms with Crippen LogP contribution in [-0.2, 0) is 0 Å². The average Bonchev–Trinajstić information content (AvgIpc) is 2.49. The van der Waals surface area contributed by atoms with Gasteiger partial charge in [0.2, 0.25) is 0 Å². The summed E-state index contributed by atoms with van der Waals surface area (Å²) in [6.07, 6.45) is 7.99. The summed E-state index contributed by atoms with van der Waals surface area (Å²) in [5, 5.41) is 6.33. The van der Waals surface area contributed by atoms with E-state index in [9.17, 15) is 4.79 Å². The highest BCUT2D eigenvalue weighted by Crippen LogP contribution is 2.29. The predicted molar refractivity (Wildman–Crippen MR) is 91.9 cm³/mol. The average molecular weight is 303 g/mol. The Hall–Kier alpha value is -1.55. The molecule has 1 aliphatic rings. The van der Waals surface area contributed by atoms with Gasteiger partial charge in [-0.3, -0.25) is 0 Å². The van der Waals surface area contributed by atoms with Crippen molar-refractivity contribution in [2.45, 2.75) is 64.5 Å². The maximum Gasteiger partial charge on any atom is 0.316 e. The molecule has 0 radical (unpaired) electrons. The van der Waals surface area contributed by atoms with Gasteiger partial charge in [0.25, 0.3) is 0 Å². The molecule has 0 bridgehead atoms. The molecule has 0 spiro atoms. The van der Waals surface area contributed by atoms with E-state index in [0.717, 1.165) is 11.6 Å². The van der Waals surface area contributed by atoms with E-state index >= 15 is 0 Å². The fourth-order valence-electron chi connectivity index (χ4n) is 3.47.